The Hall–Kier alpha value is -1.49. The minimum atomic E-state index is -0.0222. The molecule has 0 aliphatic rings. The van der Waals surface area contributed by atoms with Gasteiger partial charge in [-0.15, -0.1) is 5.10 Å². The van der Waals surface area contributed by atoms with Crippen LogP contribution in [0.15, 0.2) is 18.3 Å². The zero-order valence-electron chi connectivity index (χ0n) is 9.73. The molecule has 5 heteroatoms. The quantitative estimate of drug-likeness (QED) is 0.710. The van der Waals surface area contributed by atoms with Gasteiger partial charge in [-0.05, 0) is 25.1 Å². The Labute approximate surface area is 95.7 Å². The van der Waals surface area contributed by atoms with Crippen LogP contribution in [0.5, 0.6) is 0 Å². The number of aromatic nitrogens is 2. The van der Waals surface area contributed by atoms with Crippen LogP contribution in [0.1, 0.15) is 26.7 Å². The van der Waals surface area contributed by atoms with E-state index in [2.05, 4.69) is 34.7 Å². The van der Waals surface area contributed by atoms with Crippen molar-refractivity contribution < 1.29 is 4.79 Å². The Morgan fingerprint density at radius 3 is 2.94 bits per heavy atom. The van der Waals surface area contributed by atoms with Crippen molar-refractivity contribution in [2.45, 2.75) is 32.7 Å². The summed E-state index contributed by atoms with van der Waals surface area (Å²) in [5, 5.41) is 13.4. The fourth-order valence-electron chi connectivity index (χ4n) is 1.21. The molecular formula is C11H18N4O. The van der Waals surface area contributed by atoms with Crippen LogP contribution in [-0.2, 0) is 4.79 Å². The van der Waals surface area contributed by atoms with Crippen LogP contribution in [0.4, 0.5) is 5.82 Å². The van der Waals surface area contributed by atoms with Gasteiger partial charge in [0.15, 0.2) is 5.82 Å². The summed E-state index contributed by atoms with van der Waals surface area (Å²) in [4.78, 5) is 11.5. The molecule has 88 valence electrons. The van der Waals surface area contributed by atoms with Crippen molar-refractivity contribution >= 4 is 11.7 Å². The molecule has 0 aliphatic carbocycles. The molecule has 0 fully saturated rings. The molecule has 1 aromatic heterocycles. The third-order valence-corrected chi connectivity index (χ3v) is 1.97. The highest BCUT2D eigenvalue weighted by Gasteiger charge is 2.02. The highest BCUT2D eigenvalue weighted by Crippen LogP contribution is 1.99. The second-order valence-electron chi connectivity index (χ2n) is 3.87. The second kappa shape index (κ2) is 6.90. The zero-order valence-corrected chi connectivity index (χ0v) is 9.73. The van der Waals surface area contributed by atoms with Crippen molar-refractivity contribution in [2.24, 2.45) is 0 Å². The van der Waals surface area contributed by atoms with E-state index in [1.54, 1.807) is 18.3 Å². The third-order valence-electron chi connectivity index (χ3n) is 1.97. The lowest BCUT2D eigenvalue weighted by Gasteiger charge is -2.07. The minimum Gasteiger partial charge on any atom is -0.315 e. The van der Waals surface area contributed by atoms with E-state index in [0.29, 0.717) is 18.3 Å². The number of anilines is 1. The Bertz CT molecular complexity index is 313. The van der Waals surface area contributed by atoms with E-state index in [1.807, 2.05) is 0 Å². The molecule has 5 nitrogen and oxygen atoms in total. The van der Waals surface area contributed by atoms with E-state index >= 15 is 0 Å². The molecule has 0 bridgehead atoms. The summed E-state index contributed by atoms with van der Waals surface area (Å²) in [5.41, 5.74) is 0. The average Bonchev–Trinajstić information content (AvgIpc) is 2.25. The predicted octanol–water partition coefficient (Wildman–Crippen LogP) is 1.19. The number of nitrogens with zero attached hydrogens (tertiary/aromatic N) is 2. The van der Waals surface area contributed by atoms with Gasteiger partial charge < -0.3 is 10.6 Å². The smallest absolute Gasteiger partial charge is 0.225 e. The lowest BCUT2D eigenvalue weighted by Crippen LogP contribution is -2.24. The number of amides is 1. The van der Waals surface area contributed by atoms with Crippen molar-refractivity contribution in [1.29, 1.82) is 0 Å². The molecule has 2 N–H and O–H groups in total. The van der Waals surface area contributed by atoms with E-state index in [4.69, 9.17) is 0 Å². The van der Waals surface area contributed by atoms with Crippen LogP contribution >= 0.6 is 0 Å². The first-order chi connectivity index (χ1) is 7.68. The second-order valence-corrected chi connectivity index (χ2v) is 3.87. The molecule has 1 heterocycles. The molecule has 0 saturated carbocycles. The SMILES string of the molecule is CC(C)NCCCC(=O)Nc1cccnn1. The maximum Gasteiger partial charge on any atom is 0.225 e. The van der Waals surface area contributed by atoms with Gasteiger partial charge in [-0.1, -0.05) is 13.8 Å². The van der Waals surface area contributed by atoms with Gasteiger partial charge in [-0.2, -0.15) is 5.10 Å². The molecule has 0 atom stereocenters. The number of rotatable bonds is 6. The van der Waals surface area contributed by atoms with Crippen LogP contribution in [0, 0.1) is 0 Å². The van der Waals surface area contributed by atoms with E-state index in [9.17, 15) is 4.79 Å². The Kier molecular flexibility index (Phi) is 5.42. The van der Waals surface area contributed by atoms with Crippen molar-refractivity contribution in [3.63, 3.8) is 0 Å². The van der Waals surface area contributed by atoms with Crippen LogP contribution in [-0.4, -0.2) is 28.7 Å². The number of carbonyl (C=O) groups is 1. The van der Waals surface area contributed by atoms with Gasteiger partial charge in [0.05, 0.1) is 0 Å². The summed E-state index contributed by atoms with van der Waals surface area (Å²) in [6, 6.07) is 3.92. The fourth-order valence-corrected chi connectivity index (χ4v) is 1.21. The molecule has 1 rings (SSSR count). The molecule has 1 aromatic rings. The fraction of sp³-hybridized carbons (Fsp3) is 0.545. The average molecular weight is 222 g/mol. The summed E-state index contributed by atoms with van der Waals surface area (Å²) in [7, 11) is 0. The van der Waals surface area contributed by atoms with E-state index < -0.39 is 0 Å². The van der Waals surface area contributed by atoms with E-state index in [-0.39, 0.29) is 5.91 Å². The lowest BCUT2D eigenvalue weighted by atomic mass is 10.2. The minimum absolute atomic E-state index is 0.0222. The molecule has 0 aliphatic heterocycles. The van der Waals surface area contributed by atoms with Gasteiger partial charge in [0.1, 0.15) is 0 Å². The molecule has 0 spiro atoms. The predicted molar refractivity (Wildman–Crippen MR) is 63.0 cm³/mol. The monoisotopic (exact) mass is 222 g/mol. The van der Waals surface area contributed by atoms with Gasteiger partial charge in [0.25, 0.3) is 0 Å². The molecule has 16 heavy (non-hydrogen) atoms. The summed E-state index contributed by atoms with van der Waals surface area (Å²) >= 11 is 0. The van der Waals surface area contributed by atoms with Crippen LogP contribution in [0.2, 0.25) is 0 Å². The van der Waals surface area contributed by atoms with Crippen molar-refractivity contribution in [2.75, 3.05) is 11.9 Å². The van der Waals surface area contributed by atoms with Gasteiger partial charge in [-0.3, -0.25) is 4.79 Å². The maximum absolute atomic E-state index is 11.5. The number of hydrogen-bond donors (Lipinski definition) is 2. The van der Waals surface area contributed by atoms with Crippen LogP contribution in [0.3, 0.4) is 0 Å². The number of carbonyl (C=O) groups excluding carboxylic acids is 1. The Balaban J connectivity index is 2.17. The summed E-state index contributed by atoms with van der Waals surface area (Å²) < 4.78 is 0. The maximum atomic E-state index is 11.5. The first-order valence-electron chi connectivity index (χ1n) is 5.49. The van der Waals surface area contributed by atoms with Gasteiger partial charge in [0.2, 0.25) is 5.91 Å². The van der Waals surface area contributed by atoms with Crippen molar-refractivity contribution in [3.8, 4) is 0 Å². The van der Waals surface area contributed by atoms with Crippen molar-refractivity contribution in [3.05, 3.63) is 18.3 Å². The highest BCUT2D eigenvalue weighted by molar-refractivity contribution is 5.89. The lowest BCUT2D eigenvalue weighted by molar-refractivity contribution is -0.116. The third kappa shape index (κ3) is 5.41. The molecule has 1 amide bonds. The van der Waals surface area contributed by atoms with Gasteiger partial charge in [-0.25, -0.2) is 0 Å². The van der Waals surface area contributed by atoms with Gasteiger partial charge >= 0.3 is 0 Å². The largest absolute Gasteiger partial charge is 0.315 e. The molecule has 0 radical (unpaired) electrons. The molecular weight excluding hydrogens is 204 g/mol. The Morgan fingerprint density at radius 2 is 2.31 bits per heavy atom. The van der Waals surface area contributed by atoms with E-state index in [1.165, 1.54) is 0 Å². The number of nitrogens with one attached hydrogen (secondary N) is 2. The highest BCUT2D eigenvalue weighted by atomic mass is 16.1. The Morgan fingerprint density at radius 1 is 1.50 bits per heavy atom. The normalized spacial score (nSPS) is 10.4. The standard InChI is InChI=1S/C11H18N4O/c1-9(2)12-7-4-6-11(16)14-10-5-3-8-13-15-10/h3,5,8-9,12H,4,6-7H2,1-2H3,(H,14,15,16). The topological polar surface area (TPSA) is 66.9 Å². The first kappa shape index (κ1) is 12.6. The zero-order chi connectivity index (χ0) is 11.8. The van der Waals surface area contributed by atoms with Crippen LogP contribution < -0.4 is 10.6 Å². The number of hydrogen-bond acceptors (Lipinski definition) is 4. The summed E-state index contributed by atoms with van der Waals surface area (Å²) in [5.74, 6) is 0.482. The first-order valence-corrected chi connectivity index (χ1v) is 5.49. The summed E-state index contributed by atoms with van der Waals surface area (Å²) in [6.07, 6.45) is 2.89. The van der Waals surface area contributed by atoms with Crippen molar-refractivity contribution in [1.82, 2.24) is 15.5 Å². The molecule has 0 unspecified atom stereocenters. The van der Waals surface area contributed by atoms with E-state index in [0.717, 1.165) is 13.0 Å². The summed E-state index contributed by atoms with van der Waals surface area (Å²) in [6.45, 7) is 5.02. The molecule has 0 saturated heterocycles. The van der Waals surface area contributed by atoms with Gasteiger partial charge in [0, 0.05) is 18.7 Å². The molecule has 0 aromatic carbocycles. The van der Waals surface area contributed by atoms with Crippen LogP contribution in [0.25, 0.3) is 0 Å².